The summed E-state index contributed by atoms with van der Waals surface area (Å²) in [5, 5.41) is 9.57. The minimum absolute atomic E-state index is 0.0572. The second kappa shape index (κ2) is 7.06. The lowest BCUT2D eigenvalue weighted by molar-refractivity contribution is 0.122. The highest BCUT2D eigenvalue weighted by Crippen LogP contribution is 2.32. The Morgan fingerprint density at radius 3 is 2.11 bits per heavy atom. The monoisotopic (exact) mass is 261 g/mol. The van der Waals surface area contributed by atoms with Crippen molar-refractivity contribution in [2.24, 2.45) is 0 Å². The summed E-state index contributed by atoms with van der Waals surface area (Å²) in [6.07, 6.45) is 4.14. The van der Waals surface area contributed by atoms with Gasteiger partial charge in [-0.05, 0) is 55.8 Å². The summed E-state index contributed by atoms with van der Waals surface area (Å²) in [4.78, 5) is 2.44. The van der Waals surface area contributed by atoms with E-state index in [1.54, 1.807) is 0 Å². The van der Waals surface area contributed by atoms with Crippen LogP contribution in [0.5, 0.6) is 0 Å². The summed E-state index contributed by atoms with van der Waals surface area (Å²) >= 11 is 0. The number of rotatable bonds is 5. The Morgan fingerprint density at radius 1 is 1.00 bits per heavy atom. The average molecular weight is 261 g/mol. The van der Waals surface area contributed by atoms with E-state index >= 15 is 0 Å². The maximum atomic E-state index is 9.57. The van der Waals surface area contributed by atoms with Crippen LogP contribution in [0.3, 0.4) is 0 Å². The second-order valence-corrected chi connectivity index (χ2v) is 5.71. The van der Waals surface area contributed by atoms with E-state index < -0.39 is 0 Å². The quantitative estimate of drug-likeness (QED) is 0.876. The lowest BCUT2D eigenvalue weighted by Gasteiger charge is -2.26. The van der Waals surface area contributed by atoms with Gasteiger partial charge in [0, 0.05) is 6.54 Å². The van der Waals surface area contributed by atoms with Crippen molar-refractivity contribution in [1.82, 2.24) is 4.90 Å². The van der Waals surface area contributed by atoms with Crippen LogP contribution in [0, 0.1) is 0 Å². The molecule has 2 nitrogen and oxygen atoms in total. The molecule has 0 radical (unpaired) electrons. The van der Waals surface area contributed by atoms with Crippen molar-refractivity contribution in [1.29, 1.82) is 0 Å². The highest BCUT2D eigenvalue weighted by atomic mass is 16.3. The highest BCUT2D eigenvalue weighted by molar-refractivity contribution is 5.25. The zero-order chi connectivity index (χ0) is 13.7. The number of nitrogens with zero attached hydrogens (tertiary/aromatic N) is 1. The maximum Gasteiger partial charge on any atom is 0.0540 e. The van der Waals surface area contributed by atoms with Crippen LogP contribution in [0.15, 0.2) is 24.3 Å². The summed E-state index contributed by atoms with van der Waals surface area (Å²) in [6.45, 7) is 7.70. The van der Waals surface area contributed by atoms with E-state index in [4.69, 9.17) is 0 Å². The summed E-state index contributed by atoms with van der Waals surface area (Å²) < 4.78 is 0. The molecule has 1 aliphatic carbocycles. The Morgan fingerprint density at radius 2 is 1.58 bits per heavy atom. The Balaban J connectivity index is 1.94. The molecule has 0 unspecified atom stereocenters. The van der Waals surface area contributed by atoms with E-state index in [0.717, 1.165) is 45.3 Å². The minimum Gasteiger partial charge on any atom is -0.393 e. The van der Waals surface area contributed by atoms with Gasteiger partial charge in [0.15, 0.2) is 0 Å². The minimum atomic E-state index is -0.0572. The molecule has 1 fully saturated rings. The van der Waals surface area contributed by atoms with E-state index in [-0.39, 0.29) is 6.10 Å². The SMILES string of the molecule is CCN(CC)Cc1ccc(C2CCC(O)CC2)cc1. The number of benzene rings is 1. The summed E-state index contributed by atoms with van der Waals surface area (Å²) in [5.74, 6) is 0.658. The lowest BCUT2D eigenvalue weighted by atomic mass is 9.82. The summed E-state index contributed by atoms with van der Waals surface area (Å²) in [6, 6.07) is 9.14. The molecule has 0 aromatic heterocycles. The van der Waals surface area contributed by atoms with Crippen LogP contribution < -0.4 is 0 Å². The normalized spacial score (nSPS) is 23.8. The molecule has 0 atom stereocenters. The fourth-order valence-electron chi connectivity index (χ4n) is 3.01. The molecule has 1 aromatic rings. The van der Waals surface area contributed by atoms with Crippen molar-refractivity contribution in [3.8, 4) is 0 Å². The molecular formula is C17H27NO. The predicted molar refractivity (Wildman–Crippen MR) is 80.3 cm³/mol. The van der Waals surface area contributed by atoms with Crippen molar-refractivity contribution < 1.29 is 5.11 Å². The van der Waals surface area contributed by atoms with Gasteiger partial charge in [-0.1, -0.05) is 38.1 Å². The van der Waals surface area contributed by atoms with E-state index in [2.05, 4.69) is 43.0 Å². The number of aliphatic hydroxyl groups excluding tert-OH is 1. The van der Waals surface area contributed by atoms with Crippen molar-refractivity contribution >= 4 is 0 Å². The van der Waals surface area contributed by atoms with Crippen LogP contribution in [0.2, 0.25) is 0 Å². The van der Waals surface area contributed by atoms with Gasteiger partial charge < -0.3 is 5.11 Å². The summed E-state index contributed by atoms with van der Waals surface area (Å²) in [5.41, 5.74) is 2.86. The molecule has 0 amide bonds. The molecule has 1 aromatic carbocycles. The van der Waals surface area contributed by atoms with Gasteiger partial charge in [-0.3, -0.25) is 4.90 Å². The number of aliphatic hydroxyl groups is 1. The molecule has 0 saturated heterocycles. The van der Waals surface area contributed by atoms with E-state index in [1.165, 1.54) is 11.1 Å². The first-order valence-electron chi connectivity index (χ1n) is 7.72. The molecule has 0 bridgehead atoms. The first-order chi connectivity index (χ1) is 9.22. The van der Waals surface area contributed by atoms with Crippen molar-refractivity contribution in [3.63, 3.8) is 0 Å². The molecule has 1 aliphatic rings. The second-order valence-electron chi connectivity index (χ2n) is 5.71. The summed E-state index contributed by atoms with van der Waals surface area (Å²) in [7, 11) is 0. The first kappa shape index (κ1) is 14.5. The number of hydrogen-bond donors (Lipinski definition) is 1. The zero-order valence-electron chi connectivity index (χ0n) is 12.3. The van der Waals surface area contributed by atoms with Crippen LogP contribution in [0.4, 0.5) is 0 Å². The fraction of sp³-hybridized carbons (Fsp3) is 0.647. The van der Waals surface area contributed by atoms with Gasteiger partial charge in [-0.25, -0.2) is 0 Å². The average Bonchev–Trinajstić information content (AvgIpc) is 2.46. The predicted octanol–water partition coefficient (Wildman–Crippen LogP) is 3.55. The van der Waals surface area contributed by atoms with Gasteiger partial charge in [-0.2, -0.15) is 0 Å². The first-order valence-corrected chi connectivity index (χ1v) is 7.72. The zero-order valence-corrected chi connectivity index (χ0v) is 12.3. The molecule has 2 heteroatoms. The topological polar surface area (TPSA) is 23.5 Å². The Bertz CT molecular complexity index is 361. The third-order valence-electron chi connectivity index (χ3n) is 4.45. The van der Waals surface area contributed by atoms with Gasteiger partial charge in [0.05, 0.1) is 6.10 Å². The lowest BCUT2D eigenvalue weighted by Crippen LogP contribution is -2.22. The largest absolute Gasteiger partial charge is 0.393 e. The Labute approximate surface area is 117 Å². The highest BCUT2D eigenvalue weighted by Gasteiger charge is 2.20. The molecule has 0 aliphatic heterocycles. The van der Waals surface area contributed by atoms with Gasteiger partial charge in [0.1, 0.15) is 0 Å². The fourth-order valence-corrected chi connectivity index (χ4v) is 3.01. The van der Waals surface area contributed by atoms with Gasteiger partial charge in [-0.15, -0.1) is 0 Å². The molecule has 0 spiro atoms. The van der Waals surface area contributed by atoms with E-state index in [0.29, 0.717) is 5.92 Å². The smallest absolute Gasteiger partial charge is 0.0540 e. The molecule has 19 heavy (non-hydrogen) atoms. The van der Waals surface area contributed by atoms with Gasteiger partial charge in [0.25, 0.3) is 0 Å². The third kappa shape index (κ3) is 4.05. The van der Waals surface area contributed by atoms with Crippen LogP contribution in [0.1, 0.15) is 56.6 Å². The molecular weight excluding hydrogens is 234 g/mol. The molecule has 0 heterocycles. The van der Waals surface area contributed by atoms with Crippen molar-refractivity contribution in [2.45, 2.75) is 58.1 Å². The molecule has 1 N–H and O–H groups in total. The third-order valence-corrected chi connectivity index (χ3v) is 4.45. The number of hydrogen-bond acceptors (Lipinski definition) is 2. The Hall–Kier alpha value is -0.860. The van der Waals surface area contributed by atoms with Crippen LogP contribution in [-0.4, -0.2) is 29.2 Å². The maximum absolute atomic E-state index is 9.57. The van der Waals surface area contributed by atoms with Gasteiger partial charge in [0.2, 0.25) is 0 Å². The van der Waals surface area contributed by atoms with Crippen molar-refractivity contribution in [2.75, 3.05) is 13.1 Å². The van der Waals surface area contributed by atoms with E-state index in [9.17, 15) is 5.11 Å². The van der Waals surface area contributed by atoms with E-state index in [1.807, 2.05) is 0 Å². The van der Waals surface area contributed by atoms with Crippen LogP contribution in [0.25, 0.3) is 0 Å². The van der Waals surface area contributed by atoms with Gasteiger partial charge >= 0.3 is 0 Å². The molecule has 2 rings (SSSR count). The Kier molecular flexibility index (Phi) is 5.41. The molecule has 1 saturated carbocycles. The standard InChI is InChI=1S/C17H27NO/c1-3-18(4-2)13-14-5-7-15(8-6-14)16-9-11-17(19)12-10-16/h5-8,16-17,19H,3-4,9-13H2,1-2H3. The van der Waals surface area contributed by atoms with Crippen molar-refractivity contribution in [3.05, 3.63) is 35.4 Å². The van der Waals surface area contributed by atoms with Crippen LogP contribution >= 0.6 is 0 Å². The molecule has 106 valence electrons. The van der Waals surface area contributed by atoms with Crippen LogP contribution in [-0.2, 0) is 6.54 Å².